The fraction of sp³-hybridized carbons (Fsp3) is 0.583. The molecule has 0 aromatic carbocycles. The molecule has 94 valence electrons. The normalized spacial score (nSPS) is 23.2. The van der Waals surface area contributed by atoms with Gasteiger partial charge in [-0.25, -0.2) is 0 Å². The van der Waals surface area contributed by atoms with E-state index in [0.29, 0.717) is 18.8 Å². The Hall–Kier alpha value is -1.33. The van der Waals surface area contributed by atoms with E-state index in [2.05, 4.69) is 5.32 Å². The smallest absolute Gasteiger partial charge is 0.268 e. The van der Waals surface area contributed by atoms with E-state index < -0.39 is 0 Å². The molecule has 0 aliphatic heterocycles. The maximum absolute atomic E-state index is 12.0. The van der Waals surface area contributed by atoms with Crippen LogP contribution >= 0.6 is 0 Å². The van der Waals surface area contributed by atoms with E-state index in [1.807, 2.05) is 22.9 Å². The number of ether oxygens (including phenoxy) is 1. The average molecular weight is 237 g/mol. The van der Waals surface area contributed by atoms with E-state index in [0.717, 1.165) is 12.8 Å². The number of nitrogens with one attached hydrogen (secondary N) is 1. The Morgan fingerprint density at radius 3 is 3.06 bits per heavy atom. The summed E-state index contributed by atoms with van der Waals surface area (Å²) < 4.78 is 6.91. The lowest BCUT2D eigenvalue weighted by atomic mass is 9.87. The van der Waals surface area contributed by atoms with Crippen LogP contribution in [0.4, 0.5) is 0 Å². The topological polar surface area (TPSA) is 69.3 Å². The highest BCUT2D eigenvalue weighted by Gasteiger charge is 2.27. The van der Waals surface area contributed by atoms with Crippen LogP contribution < -0.4 is 11.1 Å². The van der Waals surface area contributed by atoms with Crippen molar-refractivity contribution in [1.82, 2.24) is 9.88 Å². The lowest BCUT2D eigenvalue weighted by Crippen LogP contribution is -2.50. The molecule has 1 heterocycles. The van der Waals surface area contributed by atoms with E-state index in [9.17, 15) is 4.79 Å². The molecule has 0 radical (unpaired) electrons. The average Bonchev–Trinajstić information content (AvgIpc) is 2.72. The number of carbonyl (C=O) groups is 1. The molecule has 1 saturated carbocycles. The van der Waals surface area contributed by atoms with Gasteiger partial charge in [0.05, 0.1) is 6.61 Å². The van der Waals surface area contributed by atoms with Crippen molar-refractivity contribution < 1.29 is 9.53 Å². The summed E-state index contributed by atoms with van der Waals surface area (Å²) in [5.41, 5.74) is 6.37. The summed E-state index contributed by atoms with van der Waals surface area (Å²) in [5.74, 6) is -0.0250. The Labute approximate surface area is 101 Å². The van der Waals surface area contributed by atoms with Gasteiger partial charge in [0.25, 0.3) is 5.91 Å². The van der Waals surface area contributed by atoms with Gasteiger partial charge in [-0.2, -0.15) is 0 Å². The van der Waals surface area contributed by atoms with E-state index in [1.54, 1.807) is 7.11 Å². The predicted octanol–water partition coefficient (Wildman–Crippen LogP) is 0.354. The molecule has 1 amide bonds. The first-order valence-corrected chi connectivity index (χ1v) is 5.91. The Morgan fingerprint density at radius 2 is 2.41 bits per heavy atom. The molecule has 1 aliphatic rings. The molecule has 5 nitrogen and oxygen atoms in total. The van der Waals surface area contributed by atoms with Crippen LogP contribution in [0.15, 0.2) is 18.3 Å². The van der Waals surface area contributed by atoms with Crippen LogP contribution in [0.3, 0.4) is 0 Å². The Balaban J connectivity index is 1.91. The van der Waals surface area contributed by atoms with Gasteiger partial charge in [0.1, 0.15) is 5.69 Å². The SMILES string of the molecule is COCCn1cccc1C(=O)NC1CC(N)C1. The van der Waals surface area contributed by atoms with Gasteiger partial charge in [0, 0.05) is 31.9 Å². The summed E-state index contributed by atoms with van der Waals surface area (Å²) in [6, 6.07) is 4.18. The van der Waals surface area contributed by atoms with Crippen LogP contribution in [0.5, 0.6) is 0 Å². The van der Waals surface area contributed by atoms with Crippen LogP contribution in [0.25, 0.3) is 0 Å². The predicted molar refractivity (Wildman–Crippen MR) is 64.8 cm³/mol. The molecule has 0 spiro atoms. The van der Waals surface area contributed by atoms with Crippen LogP contribution in [0.1, 0.15) is 23.3 Å². The fourth-order valence-electron chi connectivity index (χ4n) is 2.04. The molecule has 0 atom stereocenters. The first-order chi connectivity index (χ1) is 8.20. The molecule has 0 bridgehead atoms. The summed E-state index contributed by atoms with van der Waals surface area (Å²) in [6.45, 7) is 1.29. The molecule has 3 N–H and O–H groups in total. The molecule has 1 aromatic heterocycles. The van der Waals surface area contributed by atoms with Gasteiger partial charge in [-0.1, -0.05) is 0 Å². The molecule has 1 fully saturated rings. The summed E-state index contributed by atoms with van der Waals surface area (Å²) in [5, 5.41) is 2.99. The molecular weight excluding hydrogens is 218 g/mol. The van der Waals surface area contributed by atoms with Crippen molar-refractivity contribution in [3.05, 3.63) is 24.0 Å². The van der Waals surface area contributed by atoms with Crippen LogP contribution in [0.2, 0.25) is 0 Å². The van der Waals surface area contributed by atoms with Crippen molar-refractivity contribution in [2.75, 3.05) is 13.7 Å². The first kappa shape index (κ1) is 12.1. The zero-order chi connectivity index (χ0) is 12.3. The van der Waals surface area contributed by atoms with Crippen LogP contribution in [-0.4, -0.2) is 36.3 Å². The standard InChI is InChI=1S/C12H19N3O2/c1-17-6-5-15-4-2-3-11(15)12(16)14-10-7-9(13)8-10/h2-4,9-10H,5-8,13H2,1H3,(H,14,16). The second-order valence-electron chi connectivity index (χ2n) is 4.48. The third kappa shape index (κ3) is 2.87. The van der Waals surface area contributed by atoms with E-state index in [-0.39, 0.29) is 18.0 Å². The number of hydrogen-bond donors (Lipinski definition) is 2. The second-order valence-corrected chi connectivity index (χ2v) is 4.48. The van der Waals surface area contributed by atoms with Crippen molar-refractivity contribution in [3.63, 3.8) is 0 Å². The fourth-order valence-corrected chi connectivity index (χ4v) is 2.04. The monoisotopic (exact) mass is 237 g/mol. The Morgan fingerprint density at radius 1 is 1.65 bits per heavy atom. The highest BCUT2D eigenvalue weighted by molar-refractivity contribution is 5.93. The highest BCUT2D eigenvalue weighted by Crippen LogP contribution is 2.18. The molecule has 0 unspecified atom stereocenters. The third-order valence-electron chi connectivity index (χ3n) is 3.11. The van der Waals surface area contributed by atoms with E-state index in [1.165, 1.54) is 0 Å². The number of methoxy groups -OCH3 is 1. The van der Waals surface area contributed by atoms with Crippen molar-refractivity contribution in [1.29, 1.82) is 0 Å². The van der Waals surface area contributed by atoms with Crippen molar-refractivity contribution >= 4 is 5.91 Å². The minimum Gasteiger partial charge on any atom is -0.383 e. The lowest BCUT2D eigenvalue weighted by molar-refractivity contribution is 0.0898. The van der Waals surface area contributed by atoms with Gasteiger partial charge in [0.15, 0.2) is 0 Å². The number of aromatic nitrogens is 1. The minimum atomic E-state index is -0.0250. The van der Waals surface area contributed by atoms with Gasteiger partial charge in [-0.05, 0) is 25.0 Å². The summed E-state index contributed by atoms with van der Waals surface area (Å²) in [6.07, 6.45) is 3.65. The number of carbonyl (C=O) groups excluding carboxylic acids is 1. The molecule has 1 aliphatic carbocycles. The summed E-state index contributed by atoms with van der Waals surface area (Å²) in [4.78, 5) is 12.0. The molecule has 0 saturated heterocycles. The van der Waals surface area contributed by atoms with E-state index in [4.69, 9.17) is 10.5 Å². The number of nitrogens with zero attached hydrogens (tertiary/aromatic N) is 1. The molecule has 5 heteroatoms. The van der Waals surface area contributed by atoms with E-state index >= 15 is 0 Å². The van der Waals surface area contributed by atoms with Gasteiger partial charge in [-0.3, -0.25) is 4.79 Å². The number of nitrogens with two attached hydrogens (primary N) is 1. The zero-order valence-corrected chi connectivity index (χ0v) is 10.1. The lowest BCUT2D eigenvalue weighted by Gasteiger charge is -2.33. The van der Waals surface area contributed by atoms with Gasteiger partial charge in [-0.15, -0.1) is 0 Å². The molecule has 1 aromatic rings. The maximum Gasteiger partial charge on any atom is 0.268 e. The molecule has 2 rings (SSSR count). The van der Waals surface area contributed by atoms with Crippen LogP contribution in [0, 0.1) is 0 Å². The minimum absolute atomic E-state index is 0.0250. The largest absolute Gasteiger partial charge is 0.383 e. The van der Waals surface area contributed by atoms with Gasteiger partial charge < -0.3 is 20.4 Å². The van der Waals surface area contributed by atoms with Crippen molar-refractivity contribution in [2.24, 2.45) is 5.73 Å². The van der Waals surface area contributed by atoms with Gasteiger partial charge in [0.2, 0.25) is 0 Å². The number of amides is 1. The quantitative estimate of drug-likeness (QED) is 0.776. The first-order valence-electron chi connectivity index (χ1n) is 5.91. The third-order valence-corrected chi connectivity index (χ3v) is 3.11. The molecular formula is C12H19N3O2. The number of hydrogen-bond acceptors (Lipinski definition) is 3. The Kier molecular flexibility index (Phi) is 3.81. The summed E-state index contributed by atoms with van der Waals surface area (Å²) >= 11 is 0. The van der Waals surface area contributed by atoms with Gasteiger partial charge >= 0.3 is 0 Å². The highest BCUT2D eigenvalue weighted by atomic mass is 16.5. The Bertz CT molecular complexity index is 383. The summed E-state index contributed by atoms with van der Waals surface area (Å²) in [7, 11) is 1.65. The zero-order valence-electron chi connectivity index (χ0n) is 10.1. The van der Waals surface area contributed by atoms with Crippen LogP contribution in [-0.2, 0) is 11.3 Å². The van der Waals surface area contributed by atoms with Crippen molar-refractivity contribution in [2.45, 2.75) is 31.5 Å². The number of rotatable bonds is 5. The molecule has 17 heavy (non-hydrogen) atoms. The second kappa shape index (κ2) is 5.33. The maximum atomic E-state index is 12.0. The van der Waals surface area contributed by atoms with Crippen molar-refractivity contribution in [3.8, 4) is 0 Å².